The monoisotopic (exact) mass is 368 g/mol. The van der Waals surface area contributed by atoms with Gasteiger partial charge in [-0.25, -0.2) is 0 Å². The SMILES string of the molecule is CCOc1ccc(OCC(=O)N2CCN(C(=O)CCCCl)CC2)cc1. The van der Waals surface area contributed by atoms with Crippen molar-refractivity contribution in [1.82, 2.24) is 9.80 Å². The molecule has 0 spiro atoms. The van der Waals surface area contributed by atoms with E-state index in [1.54, 1.807) is 21.9 Å². The summed E-state index contributed by atoms with van der Waals surface area (Å²) < 4.78 is 10.9. The molecule has 1 aromatic carbocycles. The van der Waals surface area contributed by atoms with Crippen LogP contribution in [0.4, 0.5) is 0 Å². The molecule has 0 atom stereocenters. The van der Waals surface area contributed by atoms with Crippen molar-refractivity contribution >= 4 is 23.4 Å². The Morgan fingerprint density at radius 3 is 2.00 bits per heavy atom. The van der Waals surface area contributed by atoms with Gasteiger partial charge in [-0.05, 0) is 37.6 Å². The van der Waals surface area contributed by atoms with Crippen molar-refractivity contribution < 1.29 is 19.1 Å². The fourth-order valence-electron chi connectivity index (χ4n) is 2.62. The summed E-state index contributed by atoms with van der Waals surface area (Å²) in [5, 5.41) is 0. The number of ether oxygens (including phenoxy) is 2. The maximum Gasteiger partial charge on any atom is 0.260 e. The summed E-state index contributed by atoms with van der Waals surface area (Å²) in [6, 6.07) is 7.20. The van der Waals surface area contributed by atoms with E-state index in [1.807, 2.05) is 19.1 Å². The van der Waals surface area contributed by atoms with Crippen LogP contribution in [-0.4, -0.2) is 66.9 Å². The first-order valence-electron chi connectivity index (χ1n) is 8.61. The number of halogens is 1. The number of hydrogen-bond acceptors (Lipinski definition) is 4. The highest BCUT2D eigenvalue weighted by Crippen LogP contribution is 2.17. The molecule has 25 heavy (non-hydrogen) atoms. The van der Waals surface area contributed by atoms with Crippen LogP contribution in [-0.2, 0) is 9.59 Å². The molecule has 2 rings (SSSR count). The van der Waals surface area contributed by atoms with Crippen LogP contribution in [0.2, 0.25) is 0 Å². The molecule has 0 bridgehead atoms. The largest absolute Gasteiger partial charge is 0.494 e. The van der Waals surface area contributed by atoms with Crippen LogP contribution in [0.15, 0.2) is 24.3 Å². The third kappa shape index (κ3) is 6.12. The van der Waals surface area contributed by atoms with Gasteiger partial charge in [0, 0.05) is 38.5 Å². The number of amides is 2. The van der Waals surface area contributed by atoms with Gasteiger partial charge in [-0.3, -0.25) is 9.59 Å². The highest BCUT2D eigenvalue weighted by molar-refractivity contribution is 6.17. The highest BCUT2D eigenvalue weighted by atomic mass is 35.5. The summed E-state index contributed by atoms with van der Waals surface area (Å²) >= 11 is 5.61. The molecule has 1 aliphatic rings. The molecule has 6 nitrogen and oxygen atoms in total. The molecule has 1 aromatic rings. The quantitative estimate of drug-likeness (QED) is 0.660. The Labute approximate surface area is 153 Å². The van der Waals surface area contributed by atoms with Crippen molar-refractivity contribution in [3.8, 4) is 11.5 Å². The van der Waals surface area contributed by atoms with Crippen molar-refractivity contribution in [3.63, 3.8) is 0 Å². The van der Waals surface area contributed by atoms with Crippen LogP contribution in [0.25, 0.3) is 0 Å². The second-order valence-corrected chi connectivity index (χ2v) is 6.13. The lowest BCUT2D eigenvalue weighted by Crippen LogP contribution is -2.51. The number of benzene rings is 1. The maximum atomic E-state index is 12.2. The minimum Gasteiger partial charge on any atom is -0.494 e. The average molecular weight is 369 g/mol. The first-order valence-corrected chi connectivity index (χ1v) is 9.14. The van der Waals surface area contributed by atoms with E-state index < -0.39 is 0 Å². The van der Waals surface area contributed by atoms with Gasteiger partial charge in [-0.15, -0.1) is 11.6 Å². The lowest BCUT2D eigenvalue weighted by molar-refractivity contribution is -0.140. The number of carbonyl (C=O) groups is 2. The van der Waals surface area contributed by atoms with Gasteiger partial charge in [-0.1, -0.05) is 0 Å². The summed E-state index contributed by atoms with van der Waals surface area (Å²) in [5.74, 6) is 1.94. The molecule has 0 unspecified atom stereocenters. The minimum atomic E-state index is -0.0678. The Balaban J connectivity index is 1.72. The Kier molecular flexibility index (Phi) is 7.85. The molecular weight excluding hydrogens is 344 g/mol. The maximum absolute atomic E-state index is 12.2. The van der Waals surface area contributed by atoms with Gasteiger partial charge in [0.25, 0.3) is 5.91 Å². The molecule has 1 saturated heterocycles. The summed E-state index contributed by atoms with van der Waals surface area (Å²) in [4.78, 5) is 27.7. The molecule has 2 amide bonds. The molecule has 0 aromatic heterocycles. The molecule has 0 N–H and O–H groups in total. The molecule has 0 saturated carbocycles. The molecule has 1 fully saturated rings. The van der Waals surface area contributed by atoms with Gasteiger partial charge in [-0.2, -0.15) is 0 Å². The number of rotatable bonds is 8. The lowest BCUT2D eigenvalue weighted by atomic mass is 10.2. The van der Waals surface area contributed by atoms with Crippen molar-refractivity contribution in [1.29, 1.82) is 0 Å². The second kappa shape index (κ2) is 10.1. The standard InChI is InChI=1S/C18H25ClN2O4/c1-2-24-15-5-7-16(8-6-15)25-14-18(23)21-12-10-20(11-13-21)17(22)4-3-9-19/h5-8H,2-4,9-14H2,1H3. The zero-order valence-corrected chi connectivity index (χ0v) is 15.3. The molecular formula is C18H25ClN2O4. The number of carbonyl (C=O) groups excluding carboxylic acids is 2. The highest BCUT2D eigenvalue weighted by Gasteiger charge is 2.23. The number of hydrogen-bond donors (Lipinski definition) is 0. The van der Waals surface area contributed by atoms with E-state index in [0.717, 1.165) is 5.75 Å². The van der Waals surface area contributed by atoms with E-state index in [4.69, 9.17) is 21.1 Å². The zero-order valence-electron chi connectivity index (χ0n) is 14.6. The fourth-order valence-corrected chi connectivity index (χ4v) is 2.75. The summed E-state index contributed by atoms with van der Waals surface area (Å²) in [5.41, 5.74) is 0. The Bertz CT molecular complexity index is 557. The average Bonchev–Trinajstić information content (AvgIpc) is 2.65. The number of nitrogens with zero attached hydrogens (tertiary/aromatic N) is 2. The first kappa shape index (κ1) is 19.4. The molecule has 1 aliphatic heterocycles. The van der Waals surface area contributed by atoms with Crippen LogP contribution in [0.1, 0.15) is 19.8 Å². The summed E-state index contributed by atoms with van der Waals surface area (Å²) in [7, 11) is 0. The Morgan fingerprint density at radius 1 is 0.960 bits per heavy atom. The van der Waals surface area contributed by atoms with Gasteiger partial charge in [0.15, 0.2) is 6.61 Å². The van der Waals surface area contributed by atoms with Crippen LogP contribution < -0.4 is 9.47 Å². The van der Waals surface area contributed by atoms with Gasteiger partial charge in [0.2, 0.25) is 5.91 Å². The topological polar surface area (TPSA) is 59.1 Å². The van der Waals surface area contributed by atoms with Crippen molar-refractivity contribution in [3.05, 3.63) is 24.3 Å². The molecule has 0 radical (unpaired) electrons. The predicted molar refractivity (Wildman–Crippen MR) is 96.2 cm³/mol. The van der Waals surface area contributed by atoms with E-state index in [-0.39, 0.29) is 18.4 Å². The smallest absolute Gasteiger partial charge is 0.260 e. The molecule has 7 heteroatoms. The lowest BCUT2D eigenvalue weighted by Gasteiger charge is -2.34. The van der Waals surface area contributed by atoms with Gasteiger partial charge >= 0.3 is 0 Å². The second-order valence-electron chi connectivity index (χ2n) is 5.75. The van der Waals surface area contributed by atoms with E-state index in [9.17, 15) is 9.59 Å². The van der Waals surface area contributed by atoms with Gasteiger partial charge in [0.1, 0.15) is 11.5 Å². The summed E-state index contributed by atoms with van der Waals surface area (Å²) in [6.07, 6.45) is 1.16. The van der Waals surface area contributed by atoms with Gasteiger partial charge in [0.05, 0.1) is 6.61 Å². The molecule has 138 valence electrons. The number of piperazine rings is 1. The molecule has 1 heterocycles. The first-order chi connectivity index (χ1) is 12.1. The fraction of sp³-hybridized carbons (Fsp3) is 0.556. The third-order valence-electron chi connectivity index (χ3n) is 4.01. The molecule has 0 aliphatic carbocycles. The minimum absolute atomic E-state index is 0.00578. The van der Waals surface area contributed by atoms with E-state index >= 15 is 0 Å². The Hall–Kier alpha value is -1.95. The van der Waals surface area contributed by atoms with E-state index in [1.165, 1.54) is 0 Å². The van der Waals surface area contributed by atoms with Crippen LogP contribution >= 0.6 is 11.6 Å². The normalized spacial score (nSPS) is 14.3. The van der Waals surface area contributed by atoms with Crippen LogP contribution in [0, 0.1) is 0 Å². The summed E-state index contributed by atoms with van der Waals surface area (Å²) in [6.45, 7) is 4.74. The number of alkyl halides is 1. The zero-order chi connectivity index (χ0) is 18.1. The van der Waals surface area contributed by atoms with Gasteiger partial charge < -0.3 is 19.3 Å². The third-order valence-corrected chi connectivity index (χ3v) is 4.27. The van der Waals surface area contributed by atoms with Crippen molar-refractivity contribution in [2.45, 2.75) is 19.8 Å². The van der Waals surface area contributed by atoms with Crippen LogP contribution in [0.3, 0.4) is 0 Å². The van der Waals surface area contributed by atoms with Crippen LogP contribution in [0.5, 0.6) is 11.5 Å². The Morgan fingerprint density at radius 2 is 1.48 bits per heavy atom. The van der Waals surface area contributed by atoms with Crippen molar-refractivity contribution in [2.75, 3.05) is 45.3 Å². The van der Waals surface area contributed by atoms with Crippen molar-refractivity contribution in [2.24, 2.45) is 0 Å². The van der Waals surface area contributed by atoms with E-state index in [0.29, 0.717) is 57.3 Å². The van der Waals surface area contributed by atoms with E-state index in [2.05, 4.69) is 0 Å². The predicted octanol–water partition coefficient (Wildman–Crippen LogP) is 2.15.